The van der Waals surface area contributed by atoms with Crippen LogP contribution >= 0.6 is 11.8 Å². The molecule has 2 aromatic carbocycles. The van der Waals surface area contributed by atoms with Gasteiger partial charge in [-0.1, -0.05) is 12.5 Å². The van der Waals surface area contributed by atoms with Crippen LogP contribution in [0.4, 0.5) is 11.4 Å². The molecule has 1 aliphatic heterocycles. The van der Waals surface area contributed by atoms with Gasteiger partial charge in [-0.15, -0.1) is 11.8 Å². The lowest BCUT2D eigenvalue weighted by atomic mass is 10.2. The molecule has 0 aromatic heterocycles. The number of nitro benzene ring substituents is 1. The van der Waals surface area contributed by atoms with E-state index in [1.54, 1.807) is 31.2 Å². The zero-order chi connectivity index (χ0) is 21.7. The quantitative estimate of drug-likeness (QED) is 0.391. The van der Waals surface area contributed by atoms with E-state index in [0.29, 0.717) is 24.3 Å². The standard InChI is InChI=1S/C20H23N3O5S2/c1-15-5-6-16(13-19(15)30(27,28)22-11-3-2-4-12-22)21-20(24)14-29-18-9-7-17(8-10-18)23(25)26/h5-10,13H,2-4,11-12,14H2,1H3,(H,21,24). The summed E-state index contributed by atoms with van der Waals surface area (Å²) in [5, 5.41) is 13.4. The minimum absolute atomic E-state index is 0.00842. The first-order valence-electron chi connectivity index (χ1n) is 9.55. The highest BCUT2D eigenvalue weighted by Gasteiger charge is 2.27. The number of anilines is 1. The first-order valence-corrected chi connectivity index (χ1v) is 12.0. The van der Waals surface area contributed by atoms with Crippen LogP contribution in [0.2, 0.25) is 0 Å². The van der Waals surface area contributed by atoms with Crippen LogP contribution in [0.3, 0.4) is 0 Å². The summed E-state index contributed by atoms with van der Waals surface area (Å²) in [7, 11) is -3.60. The molecule has 0 atom stereocenters. The molecule has 2 aromatic rings. The lowest BCUT2D eigenvalue weighted by molar-refractivity contribution is -0.384. The number of amides is 1. The van der Waals surface area contributed by atoms with E-state index in [4.69, 9.17) is 0 Å². The molecule has 0 unspecified atom stereocenters. The Labute approximate surface area is 179 Å². The van der Waals surface area contributed by atoms with Crippen LogP contribution in [0.25, 0.3) is 0 Å². The molecule has 0 bridgehead atoms. The van der Waals surface area contributed by atoms with Gasteiger partial charge in [-0.25, -0.2) is 8.42 Å². The number of rotatable bonds is 7. The van der Waals surface area contributed by atoms with Gasteiger partial charge in [0.25, 0.3) is 5.69 Å². The number of nitro groups is 1. The summed E-state index contributed by atoms with van der Waals surface area (Å²) in [5.74, 6) is -0.191. The second kappa shape index (κ2) is 9.59. The summed E-state index contributed by atoms with van der Waals surface area (Å²) < 4.78 is 27.5. The van der Waals surface area contributed by atoms with E-state index in [0.717, 1.165) is 24.2 Å². The van der Waals surface area contributed by atoms with Crippen LogP contribution in [0.5, 0.6) is 0 Å². The van der Waals surface area contributed by atoms with E-state index in [2.05, 4.69) is 5.32 Å². The van der Waals surface area contributed by atoms with E-state index in [-0.39, 0.29) is 22.2 Å². The number of carbonyl (C=O) groups is 1. The third-order valence-electron chi connectivity index (χ3n) is 4.82. The third-order valence-corrected chi connectivity index (χ3v) is 7.87. The number of aryl methyl sites for hydroxylation is 1. The van der Waals surface area contributed by atoms with Crippen molar-refractivity contribution in [3.8, 4) is 0 Å². The summed E-state index contributed by atoms with van der Waals surface area (Å²) in [4.78, 5) is 23.5. The average Bonchev–Trinajstić information content (AvgIpc) is 2.74. The molecule has 10 heteroatoms. The van der Waals surface area contributed by atoms with Gasteiger partial charge in [0.1, 0.15) is 0 Å². The van der Waals surface area contributed by atoms with Crippen molar-refractivity contribution in [2.24, 2.45) is 0 Å². The first-order chi connectivity index (χ1) is 14.3. The van der Waals surface area contributed by atoms with E-state index < -0.39 is 14.9 Å². The van der Waals surface area contributed by atoms with Crippen LogP contribution < -0.4 is 5.32 Å². The van der Waals surface area contributed by atoms with Gasteiger partial charge >= 0.3 is 0 Å². The highest BCUT2D eigenvalue weighted by molar-refractivity contribution is 8.00. The van der Waals surface area contributed by atoms with Gasteiger partial charge in [0, 0.05) is 35.8 Å². The first kappa shape index (κ1) is 22.3. The van der Waals surface area contributed by atoms with Crippen molar-refractivity contribution in [1.29, 1.82) is 0 Å². The van der Waals surface area contributed by atoms with Crippen molar-refractivity contribution in [1.82, 2.24) is 4.31 Å². The minimum Gasteiger partial charge on any atom is -0.325 e. The normalized spacial score (nSPS) is 15.0. The van der Waals surface area contributed by atoms with Crippen molar-refractivity contribution in [2.75, 3.05) is 24.2 Å². The Hall–Kier alpha value is -2.43. The number of thioether (sulfide) groups is 1. The maximum Gasteiger partial charge on any atom is 0.269 e. The predicted molar refractivity (Wildman–Crippen MR) is 116 cm³/mol. The summed E-state index contributed by atoms with van der Waals surface area (Å²) in [6, 6.07) is 10.8. The molecule has 160 valence electrons. The van der Waals surface area contributed by atoms with Gasteiger partial charge in [-0.3, -0.25) is 14.9 Å². The smallest absolute Gasteiger partial charge is 0.269 e. The monoisotopic (exact) mass is 449 g/mol. The number of nitrogens with one attached hydrogen (secondary N) is 1. The maximum atomic E-state index is 13.0. The number of piperidine rings is 1. The van der Waals surface area contributed by atoms with Gasteiger partial charge in [-0.05, 0) is 49.6 Å². The van der Waals surface area contributed by atoms with Gasteiger partial charge < -0.3 is 5.32 Å². The fourth-order valence-corrected chi connectivity index (χ4v) is 5.68. The van der Waals surface area contributed by atoms with Crippen LogP contribution in [0.15, 0.2) is 52.3 Å². The molecule has 30 heavy (non-hydrogen) atoms. The molecule has 0 spiro atoms. The number of benzene rings is 2. The molecular formula is C20H23N3O5S2. The van der Waals surface area contributed by atoms with E-state index in [1.165, 1.54) is 34.3 Å². The molecule has 0 saturated carbocycles. The fraction of sp³-hybridized carbons (Fsp3) is 0.350. The predicted octanol–water partition coefficient (Wildman–Crippen LogP) is 3.81. The van der Waals surface area contributed by atoms with Crippen LogP contribution in [0, 0.1) is 17.0 Å². The highest BCUT2D eigenvalue weighted by atomic mass is 32.2. The molecule has 0 radical (unpaired) electrons. The molecule has 3 rings (SSSR count). The summed E-state index contributed by atoms with van der Waals surface area (Å²) in [5.41, 5.74) is 1.05. The molecule has 1 fully saturated rings. The zero-order valence-electron chi connectivity index (χ0n) is 16.5. The molecule has 0 aliphatic carbocycles. The van der Waals surface area contributed by atoms with Gasteiger partial charge in [-0.2, -0.15) is 4.31 Å². The second-order valence-corrected chi connectivity index (χ2v) is 9.99. The average molecular weight is 450 g/mol. The Morgan fingerprint density at radius 3 is 2.43 bits per heavy atom. The Bertz CT molecular complexity index is 1030. The SMILES string of the molecule is Cc1ccc(NC(=O)CSc2ccc([N+](=O)[O-])cc2)cc1S(=O)(=O)N1CCCCC1. The Morgan fingerprint density at radius 1 is 1.13 bits per heavy atom. The Kier molecular flexibility index (Phi) is 7.11. The molecule has 1 heterocycles. The second-order valence-electron chi connectivity index (χ2n) is 7.03. The van der Waals surface area contributed by atoms with Crippen LogP contribution in [-0.2, 0) is 14.8 Å². The third kappa shape index (κ3) is 5.38. The van der Waals surface area contributed by atoms with Crippen molar-refractivity contribution >= 4 is 39.1 Å². The van der Waals surface area contributed by atoms with Crippen LogP contribution in [-0.4, -0.2) is 42.4 Å². The molecule has 1 N–H and O–H groups in total. The van der Waals surface area contributed by atoms with E-state index in [1.807, 2.05) is 0 Å². The number of nitrogens with zero attached hydrogens (tertiary/aromatic N) is 2. The Balaban J connectivity index is 1.65. The summed E-state index contributed by atoms with van der Waals surface area (Å²) >= 11 is 1.24. The van der Waals surface area contributed by atoms with Gasteiger partial charge in [0.2, 0.25) is 15.9 Å². The lowest BCUT2D eigenvalue weighted by Crippen LogP contribution is -2.36. The summed E-state index contributed by atoms with van der Waals surface area (Å²) in [6.07, 6.45) is 2.75. The fourth-order valence-electron chi connectivity index (χ4n) is 3.21. The molecule has 1 saturated heterocycles. The molecule has 1 aliphatic rings. The van der Waals surface area contributed by atoms with E-state index in [9.17, 15) is 23.3 Å². The van der Waals surface area contributed by atoms with Crippen molar-refractivity contribution in [3.63, 3.8) is 0 Å². The van der Waals surface area contributed by atoms with Crippen LogP contribution in [0.1, 0.15) is 24.8 Å². The lowest BCUT2D eigenvalue weighted by Gasteiger charge is -2.26. The largest absolute Gasteiger partial charge is 0.325 e. The zero-order valence-corrected chi connectivity index (χ0v) is 18.2. The highest BCUT2D eigenvalue weighted by Crippen LogP contribution is 2.26. The Morgan fingerprint density at radius 2 is 1.80 bits per heavy atom. The van der Waals surface area contributed by atoms with Crippen molar-refractivity contribution in [3.05, 3.63) is 58.1 Å². The summed E-state index contributed by atoms with van der Waals surface area (Å²) in [6.45, 7) is 2.78. The topological polar surface area (TPSA) is 110 Å². The maximum absolute atomic E-state index is 13.0. The molecule has 1 amide bonds. The number of sulfonamides is 1. The number of carbonyl (C=O) groups excluding carboxylic acids is 1. The molecule has 8 nitrogen and oxygen atoms in total. The molecular weight excluding hydrogens is 426 g/mol. The van der Waals surface area contributed by atoms with Gasteiger partial charge in [0.15, 0.2) is 0 Å². The minimum atomic E-state index is -3.60. The number of hydrogen-bond acceptors (Lipinski definition) is 6. The van der Waals surface area contributed by atoms with E-state index >= 15 is 0 Å². The number of non-ortho nitro benzene ring substituents is 1. The van der Waals surface area contributed by atoms with Crippen molar-refractivity contribution in [2.45, 2.75) is 36.0 Å². The van der Waals surface area contributed by atoms with Crippen molar-refractivity contribution < 1.29 is 18.1 Å². The number of hydrogen-bond donors (Lipinski definition) is 1. The van der Waals surface area contributed by atoms with Gasteiger partial charge in [0.05, 0.1) is 15.6 Å².